The highest BCUT2D eigenvalue weighted by atomic mass is 19.4. The van der Waals surface area contributed by atoms with Crippen LogP contribution in [0.1, 0.15) is 35.7 Å². The molecule has 0 unspecified atom stereocenters. The summed E-state index contributed by atoms with van der Waals surface area (Å²) in [5.74, 6) is -11.9. The van der Waals surface area contributed by atoms with Crippen molar-refractivity contribution >= 4 is 17.5 Å². The number of alkyl halides is 5. The van der Waals surface area contributed by atoms with Crippen LogP contribution in [-0.4, -0.2) is 36.3 Å². The highest BCUT2D eigenvalue weighted by Crippen LogP contribution is 2.55. The maximum Gasteiger partial charge on any atom is 0.417 e. The first kappa shape index (κ1) is 27.2. The Morgan fingerprint density at radius 3 is 2.28 bits per heavy atom. The number of primary amides is 1. The fourth-order valence-corrected chi connectivity index (χ4v) is 4.05. The topological polar surface area (TPSA) is 90.6 Å². The average molecular weight is 526 g/mol. The second kappa shape index (κ2) is 9.56. The predicted molar refractivity (Wildman–Crippen MR) is 108 cm³/mol. The van der Waals surface area contributed by atoms with Crippen LogP contribution >= 0.6 is 0 Å². The van der Waals surface area contributed by atoms with Crippen molar-refractivity contribution in [3.05, 3.63) is 58.9 Å². The minimum absolute atomic E-state index is 0.264. The first-order valence-electron chi connectivity index (χ1n) is 10.2. The number of rotatable bonds is 6. The number of amides is 2. The molecule has 196 valence electrons. The van der Waals surface area contributed by atoms with Gasteiger partial charge in [-0.3, -0.25) is 9.59 Å². The van der Waals surface area contributed by atoms with Gasteiger partial charge in [0.05, 0.1) is 5.56 Å². The number of anilines is 1. The van der Waals surface area contributed by atoms with Gasteiger partial charge in [-0.1, -0.05) is 13.0 Å². The summed E-state index contributed by atoms with van der Waals surface area (Å²) < 4.78 is 119. The van der Waals surface area contributed by atoms with E-state index in [0.717, 1.165) is 25.1 Å². The fourth-order valence-electron chi connectivity index (χ4n) is 4.05. The van der Waals surface area contributed by atoms with Crippen molar-refractivity contribution in [1.29, 1.82) is 0 Å². The quantitative estimate of drug-likeness (QED) is 0.525. The average Bonchev–Trinajstić information content (AvgIpc) is 3.04. The van der Waals surface area contributed by atoms with E-state index in [0.29, 0.717) is 19.1 Å². The molecule has 2 amide bonds. The zero-order chi connectivity index (χ0) is 27.2. The lowest BCUT2D eigenvalue weighted by atomic mass is 9.77. The number of nitrogens with one attached hydrogen (secondary N) is 1. The number of carbonyl (C=O) groups is 2. The van der Waals surface area contributed by atoms with Gasteiger partial charge < -0.3 is 20.5 Å². The molecule has 4 atom stereocenters. The van der Waals surface area contributed by atoms with Crippen LogP contribution in [0, 0.1) is 23.4 Å². The fraction of sp³-hybridized carbons (Fsp3) is 0.364. The van der Waals surface area contributed by atoms with Crippen LogP contribution in [0.2, 0.25) is 0 Å². The molecule has 36 heavy (non-hydrogen) atoms. The SMILES string of the molecule is C[C@H]1[C@H](c2ccc(F)c(F)c2OC(F)F)[C@@H](C(=O)Nc2ccc(F)c(C(N)=O)c2)O[C@@]1(C)C(F)(F)F. The van der Waals surface area contributed by atoms with Gasteiger partial charge >= 0.3 is 12.8 Å². The number of hydrogen-bond donors (Lipinski definition) is 2. The van der Waals surface area contributed by atoms with Gasteiger partial charge in [-0.15, -0.1) is 0 Å². The van der Waals surface area contributed by atoms with Crippen molar-refractivity contribution in [2.24, 2.45) is 11.7 Å². The zero-order valence-corrected chi connectivity index (χ0v) is 18.4. The largest absolute Gasteiger partial charge is 0.431 e. The van der Waals surface area contributed by atoms with E-state index in [9.17, 15) is 44.7 Å². The summed E-state index contributed by atoms with van der Waals surface area (Å²) in [6, 6.07) is 3.74. The molecule has 2 aromatic rings. The molecule has 1 fully saturated rings. The molecule has 0 spiro atoms. The number of benzene rings is 2. The molecule has 0 aliphatic carbocycles. The summed E-state index contributed by atoms with van der Waals surface area (Å²) in [6.07, 6.45) is -7.18. The lowest BCUT2D eigenvalue weighted by molar-refractivity contribution is -0.272. The zero-order valence-electron chi connectivity index (χ0n) is 18.4. The number of hydrogen-bond acceptors (Lipinski definition) is 4. The summed E-state index contributed by atoms with van der Waals surface area (Å²) in [6.45, 7) is -2.08. The third-order valence-electron chi connectivity index (χ3n) is 6.07. The Kier molecular flexibility index (Phi) is 7.22. The van der Waals surface area contributed by atoms with Crippen molar-refractivity contribution in [2.75, 3.05) is 5.32 Å². The Bertz CT molecular complexity index is 1190. The van der Waals surface area contributed by atoms with E-state index in [1.165, 1.54) is 0 Å². The lowest BCUT2D eigenvalue weighted by Gasteiger charge is -2.32. The molecule has 3 rings (SSSR count). The van der Waals surface area contributed by atoms with Crippen molar-refractivity contribution < 1.29 is 54.2 Å². The molecule has 2 aromatic carbocycles. The van der Waals surface area contributed by atoms with E-state index < -0.39 is 82.5 Å². The summed E-state index contributed by atoms with van der Waals surface area (Å²) >= 11 is 0. The van der Waals surface area contributed by atoms with Gasteiger partial charge in [-0.25, -0.2) is 8.78 Å². The van der Waals surface area contributed by atoms with Crippen molar-refractivity contribution in [3.63, 3.8) is 0 Å². The third kappa shape index (κ3) is 4.81. The van der Waals surface area contributed by atoms with E-state index >= 15 is 0 Å². The van der Waals surface area contributed by atoms with Crippen LogP contribution in [0.5, 0.6) is 5.75 Å². The molecule has 0 aromatic heterocycles. The van der Waals surface area contributed by atoms with Crippen molar-refractivity contribution in [3.8, 4) is 5.75 Å². The van der Waals surface area contributed by atoms with Crippen LogP contribution in [-0.2, 0) is 9.53 Å². The molecule has 14 heteroatoms. The minimum atomic E-state index is -5.09. The van der Waals surface area contributed by atoms with Gasteiger partial charge in [-0.05, 0) is 31.2 Å². The van der Waals surface area contributed by atoms with Crippen LogP contribution in [0.4, 0.5) is 40.8 Å². The smallest absolute Gasteiger partial charge is 0.417 e. The number of nitrogens with two attached hydrogens (primary N) is 1. The highest BCUT2D eigenvalue weighted by Gasteiger charge is 2.66. The molecule has 0 saturated carbocycles. The van der Waals surface area contributed by atoms with Crippen LogP contribution in [0.25, 0.3) is 0 Å². The first-order chi connectivity index (χ1) is 16.6. The summed E-state index contributed by atoms with van der Waals surface area (Å²) in [5, 5.41) is 2.14. The number of ether oxygens (including phenoxy) is 2. The minimum Gasteiger partial charge on any atom is -0.431 e. The van der Waals surface area contributed by atoms with Crippen molar-refractivity contribution in [2.45, 2.75) is 44.3 Å². The Morgan fingerprint density at radius 2 is 1.72 bits per heavy atom. The number of carbonyl (C=O) groups excluding carboxylic acids is 2. The Labute approximate surface area is 198 Å². The van der Waals surface area contributed by atoms with Crippen molar-refractivity contribution in [1.82, 2.24) is 0 Å². The molecule has 1 aliphatic heterocycles. The van der Waals surface area contributed by atoms with E-state index in [4.69, 9.17) is 10.5 Å². The molecule has 0 radical (unpaired) electrons. The standard InChI is InChI=1S/C22H18F8N2O4/c1-8-14(10-4-6-13(24)15(25)16(10)35-20(26)27)17(36-21(8,2)22(28,29)30)19(34)32-9-3-5-12(23)11(7-9)18(31)33/h3-8,14,17,20H,1-2H3,(H2,31,33)(H,32,34)/t8-,14+,17-,21+/m0/s1. The molecule has 1 saturated heterocycles. The van der Waals surface area contributed by atoms with Crippen LogP contribution in [0.3, 0.4) is 0 Å². The second-order valence-corrected chi connectivity index (χ2v) is 8.16. The maximum atomic E-state index is 14.4. The molecule has 6 nitrogen and oxygen atoms in total. The van der Waals surface area contributed by atoms with E-state index in [-0.39, 0.29) is 5.69 Å². The van der Waals surface area contributed by atoms with Gasteiger partial charge in [0.15, 0.2) is 17.2 Å². The van der Waals surface area contributed by atoms with Gasteiger partial charge in [0.25, 0.3) is 11.8 Å². The Hall–Kier alpha value is -3.42. The molecular weight excluding hydrogens is 508 g/mol. The maximum absolute atomic E-state index is 14.4. The highest BCUT2D eigenvalue weighted by molar-refractivity contribution is 5.98. The normalized spacial score (nSPS) is 24.1. The third-order valence-corrected chi connectivity index (χ3v) is 6.07. The van der Waals surface area contributed by atoms with E-state index in [1.807, 2.05) is 0 Å². The molecule has 1 heterocycles. The monoisotopic (exact) mass is 526 g/mol. The van der Waals surface area contributed by atoms with Crippen LogP contribution in [0.15, 0.2) is 30.3 Å². The summed E-state index contributed by atoms with van der Waals surface area (Å²) in [4.78, 5) is 24.4. The van der Waals surface area contributed by atoms with Crippen LogP contribution < -0.4 is 15.8 Å². The number of halogens is 8. The predicted octanol–water partition coefficient (Wildman–Crippen LogP) is 4.88. The van der Waals surface area contributed by atoms with Gasteiger partial charge in [0, 0.05) is 23.1 Å². The summed E-state index contributed by atoms with van der Waals surface area (Å²) in [5.41, 5.74) is 0.424. The second-order valence-electron chi connectivity index (χ2n) is 8.16. The first-order valence-corrected chi connectivity index (χ1v) is 10.2. The van der Waals surface area contributed by atoms with Gasteiger partial charge in [-0.2, -0.15) is 26.3 Å². The summed E-state index contributed by atoms with van der Waals surface area (Å²) in [7, 11) is 0. The molecule has 1 aliphatic rings. The van der Waals surface area contributed by atoms with Gasteiger partial charge in [0.1, 0.15) is 11.9 Å². The lowest BCUT2D eigenvalue weighted by Crippen LogP contribution is -2.47. The molecule has 3 N–H and O–H groups in total. The van der Waals surface area contributed by atoms with E-state index in [2.05, 4.69) is 10.1 Å². The Balaban J connectivity index is 2.11. The van der Waals surface area contributed by atoms with E-state index in [1.54, 1.807) is 0 Å². The Morgan fingerprint density at radius 1 is 1.11 bits per heavy atom. The molecule has 0 bridgehead atoms. The van der Waals surface area contributed by atoms with Gasteiger partial charge in [0.2, 0.25) is 5.82 Å². The molecular formula is C22H18F8N2O4.